The van der Waals surface area contributed by atoms with Crippen LogP contribution in [0.15, 0.2) is 0 Å². The van der Waals surface area contributed by atoms with E-state index in [2.05, 4.69) is 5.32 Å². The third-order valence-corrected chi connectivity index (χ3v) is 1.11. The van der Waals surface area contributed by atoms with Crippen molar-refractivity contribution in [2.75, 3.05) is 6.54 Å². The Morgan fingerprint density at radius 2 is 2.10 bits per heavy atom. The Labute approximate surface area is 64.7 Å². The molecule has 0 spiro atoms. The number of carbonyl (C=O) groups excluding carboxylic acids is 2. The Hall–Kier alpha value is -0.570. The van der Waals surface area contributed by atoms with Gasteiger partial charge in [-0.1, -0.05) is 0 Å². The zero-order chi connectivity index (χ0) is 7.98. The highest BCUT2D eigenvalue weighted by atomic mass is 35.5. The quantitative estimate of drug-likeness (QED) is 0.489. The SMILES string of the molecule is CC(=O)NCCCC(=O)Cl. The van der Waals surface area contributed by atoms with E-state index < -0.39 is 0 Å². The van der Waals surface area contributed by atoms with Crippen LogP contribution in [0.1, 0.15) is 19.8 Å². The number of nitrogens with one attached hydrogen (secondary N) is 1. The lowest BCUT2D eigenvalue weighted by atomic mass is 10.3. The lowest BCUT2D eigenvalue weighted by Gasteiger charge is -1.97. The Balaban J connectivity index is 3.06. The molecule has 4 heteroatoms. The van der Waals surface area contributed by atoms with Crippen molar-refractivity contribution in [3.05, 3.63) is 0 Å². The largest absolute Gasteiger partial charge is 0.356 e. The van der Waals surface area contributed by atoms with Crippen LogP contribution >= 0.6 is 11.6 Å². The Morgan fingerprint density at radius 3 is 2.50 bits per heavy atom. The minimum atomic E-state index is -0.356. The van der Waals surface area contributed by atoms with Gasteiger partial charge in [0.05, 0.1) is 0 Å². The molecule has 0 aromatic heterocycles. The summed E-state index contributed by atoms with van der Waals surface area (Å²) in [5.74, 6) is -0.0815. The van der Waals surface area contributed by atoms with Crippen LogP contribution in [0.3, 0.4) is 0 Å². The topological polar surface area (TPSA) is 46.2 Å². The normalized spacial score (nSPS) is 9.00. The minimum absolute atomic E-state index is 0.0815. The highest BCUT2D eigenvalue weighted by Crippen LogP contribution is 1.91. The molecule has 0 aliphatic carbocycles. The maximum absolute atomic E-state index is 10.3. The second kappa shape index (κ2) is 5.23. The third kappa shape index (κ3) is 7.43. The summed E-state index contributed by atoms with van der Waals surface area (Å²) in [6.45, 7) is 1.95. The molecule has 0 aromatic carbocycles. The van der Waals surface area contributed by atoms with Crippen LogP contribution in [-0.4, -0.2) is 17.7 Å². The molecule has 0 unspecified atom stereocenters. The van der Waals surface area contributed by atoms with E-state index in [9.17, 15) is 9.59 Å². The van der Waals surface area contributed by atoms with Crippen molar-refractivity contribution in [3.8, 4) is 0 Å². The monoisotopic (exact) mass is 163 g/mol. The summed E-state index contributed by atoms with van der Waals surface area (Å²) in [6, 6.07) is 0. The first-order valence-corrected chi connectivity index (χ1v) is 3.43. The van der Waals surface area contributed by atoms with Crippen molar-refractivity contribution in [1.82, 2.24) is 5.32 Å². The number of carbonyl (C=O) groups is 2. The van der Waals surface area contributed by atoms with Crippen LogP contribution in [0.4, 0.5) is 0 Å². The van der Waals surface area contributed by atoms with Gasteiger partial charge in [-0.25, -0.2) is 0 Å². The van der Waals surface area contributed by atoms with Crippen LogP contribution in [-0.2, 0) is 9.59 Å². The van der Waals surface area contributed by atoms with E-state index in [1.165, 1.54) is 6.92 Å². The smallest absolute Gasteiger partial charge is 0.221 e. The molecule has 0 atom stereocenters. The Bertz CT molecular complexity index is 120. The summed E-state index contributed by atoms with van der Waals surface area (Å²) in [7, 11) is 0. The number of hydrogen-bond acceptors (Lipinski definition) is 2. The number of rotatable bonds is 4. The molecule has 0 aliphatic rings. The van der Waals surface area contributed by atoms with Crippen LogP contribution in [0.5, 0.6) is 0 Å². The molecule has 0 saturated carbocycles. The lowest BCUT2D eigenvalue weighted by molar-refractivity contribution is -0.119. The van der Waals surface area contributed by atoms with Crippen molar-refractivity contribution in [2.24, 2.45) is 0 Å². The van der Waals surface area contributed by atoms with Gasteiger partial charge in [-0.15, -0.1) is 0 Å². The van der Waals surface area contributed by atoms with Gasteiger partial charge in [-0.2, -0.15) is 0 Å². The van der Waals surface area contributed by atoms with E-state index >= 15 is 0 Å². The molecule has 0 heterocycles. The van der Waals surface area contributed by atoms with Crippen molar-refractivity contribution < 1.29 is 9.59 Å². The maximum Gasteiger partial charge on any atom is 0.221 e. The molecule has 58 valence electrons. The average molecular weight is 164 g/mol. The maximum atomic E-state index is 10.3. The zero-order valence-electron chi connectivity index (χ0n) is 5.82. The molecule has 3 nitrogen and oxygen atoms in total. The lowest BCUT2D eigenvalue weighted by Crippen LogP contribution is -2.21. The van der Waals surface area contributed by atoms with E-state index in [1.807, 2.05) is 0 Å². The fourth-order valence-corrected chi connectivity index (χ4v) is 0.625. The highest BCUT2D eigenvalue weighted by Gasteiger charge is 1.95. The Kier molecular flexibility index (Phi) is 4.94. The predicted octanol–water partition coefficient (Wildman–Crippen LogP) is 0.668. The molecule has 1 N–H and O–H groups in total. The number of halogens is 1. The summed E-state index contributed by atoms with van der Waals surface area (Å²) in [5.41, 5.74) is 0. The van der Waals surface area contributed by atoms with Crippen molar-refractivity contribution >= 4 is 22.8 Å². The first-order valence-electron chi connectivity index (χ1n) is 3.05. The molecule has 0 fully saturated rings. The summed E-state index contributed by atoms with van der Waals surface area (Å²) in [4.78, 5) is 20.4. The Morgan fingerprint density at radius 1 is 1.50 bits per heavy atom. The molecule has 0 bridgehead atoms. The number of hydrogen-bond donors (Lipinski definition) is 1. The second-order valence-corrected chi connectivity index (χ2v) is 2.36. The van der Waals surface area contributed by atoms with E-state index in [1.54, 1.807) is 0 Å². The number of amides is 1. The van der Waals surface area contributed by atoms with Crippen LogP contribution < -0.4 is 5.32 Å². The molecule has 0 saturated heterocycles. The van der Waals surface area contributed by atoms with Gasteiger partial charge in [0, 0.05) is 19.9 Å². The van der Waals surface area contributed by atoms with E-state index in [4.69, 9.17) is 11.6 Å². The van der Waals surface area contributed by atoms with Gasteiger partial charge >= 0.3 is 0 Å². The van der Waals surface area contributed by atoms with Gasteiger partial charge in [0.15, 0.2) is 0 Å². The molecule has 0 aliphatic heterocycles. The van der Waals surface area contributed by atoms with Gasteiger partial charge in [-0.3, -0.25) is 9.59 Å². The zero-order valence-corrected chi connectivity index (χ0v) is 6.57. The standard InChI is InChI=1S/C6H10ClNO2/c1-5(9)8-4-2-3-6(7)10/h2-4H2,1H3,(H,8,9). The molecular weight excluding hydrogens is 154 g/mol. The summed E-state index contributed by atoms with van der Waals surface area (Å²) in [5, 5.41) is 2.19. The van der Waals surface area contributed by atoms with Gasteiger partial charge in [0.2, 0.25) is 11.1 Å². The molecule has 0 aromatic rings. The highest BCUT2D eigenvalue weighted by molar-refractivity contribution is 6.63. The molecule has 0 radical (unpaired) electrons. The van der Waals surface area contributed by atoms with Crippen LogP contribution in [0, 0.1) is 0 Å². The van der Waals surface area contributed by atoms with E-state index in [0.29, 0.717) is 19.4 Å². The van der Waals surface area contributed by atoms with Gasteiger partial charge in [-0.05, 0) is 18.0 Å². The molecule has 10 heavy (non-hydrogen) atoms. The summed E-state index contributed by atoms with van der Waals surface area (Å²) < 4.78 is 0. The minimum Gasteiger partial charge on any atom is -0.356 e. The van der Waals surface area contributed by atoms with Crippen molar-refractivity contribution in [2.45, 2.75) is 19.8 Å². The first-order chi connectivity index (χ1) is 4.63. The molecule has 0 rings (SSSR count). The predicted molar refractivity (Wildman–Crippen MR) is 38.8 cm³/mol. The summed E-state index contributed by atoms with van der Waals surface area (Å²) >= 11 is 5.04. The fourth-order valence-electron chi connectivity index (χ4n) is 0.492. The molecule has 1 amide bonds. The summed E-state index contributed by atoms with van der Waals surface area (Å²) in [6.07, 6.45) is 0.934. The third-order valence-electron chi connectivity index (χ3n) is 0.924. The van der Waals surface area contributed by atoms with Gasteiger partial charge in [0.1, 0.15) is 0 Å². The van der Waals surface area contributed by atoms with Crippen molar-refractivity contribution in [3.63, 3.8) is 0 Å². The molecular formula is C6H10ClNO2. The van der Waals surface area contributed by atoms with E-state index in [-0.39, 0.29) is 11.1 Å². The van der Waals surface area contributed by atoms with Crippen molar-refractivity contribution in [1.29, 1.82) is 0 Å². The van der Waals surface area contributed by atoms with Gasteiger partial charge in [0.25, 0.3) is 0 Å². The van der Waals surface area contributed by atoms with Crippen LogP contribution in [0.25, 0.3) is 0 Å². The van der Waals surface area contributed by atoms with E-state index in [0.717, 1.165) is 0 Å². The second-order valence-electron chi connectivity index (χ2n) is 1.94. The fraction of sp³-hybridized carbons (Fsp3) is 0.667. The van der Waals surface area contributed by atoms with Crippen LogP contribution in [0.2, 0.25) is 0 Å². The van der Waals surface area contributed by atoms with Gasteiger partial charge < -0.3 is 5.32 Å². The first kappa shape index (κ1) is 9.43. The average Bonchev–Trinajstić information content (AvgIpc) is 1.79.